The molecule has 0 aliphatic carbocycles. The van der Waals surface area contributed by atoms with E-state index in [1.54, 1.807) is 14.2 Å². The lowest BCUT2D eigenvalue weighted by molar-refractivity contribution is 0.409. The quantitative estimate of drug-likeness (QED) is 0.526. The van der Waals surface area contributed by atoms with Crippen LogP contribution in [0.2, 0.25) is 0 Å². The normalized spacial score (nSPS) is 11.2. The first kappa shape index (κ1) is 20.6. The maximum atomic E-state index is 5.39. The zero-order valence-corrected chi connectivity index (χ0v) is 16.8. The Morgan fingerprint density at radius 2 is 1.89 bits per heavy atom. The third-order valence-corrected chi connectivity index (χ3v) is 4.46. The molecule has 2 rings (SSSR count). The summed E-state index contributed by atoms with van der Waals surface area (Å²) < 4.78 is 5.39. The molecule has 6 nitrogen and oxygen atoms in total. The van der Waals surface area contributed by atoms with Crippen LogP contribution in [-0.2, 0) is 13.0 Å². The first-order valence-corrected chi connectivity index (χ1v) is 9.48. The van der Waals surface area contributed by atoms with Crippen LogP contribution < -0.4 is 20.3 Å². The van der Waals surface area contributed by atoms with Gasteiger partial charge in [-0.1, -0.05) is 24.3 Å². The molecule has 2 aromatic rings. The predicted molar refractivity (Wildman–Crippen MR) is 113 cm³/mol. The molecule has 0 amide bonds. The SMILES string of the molecule is CCN(CC)c1ccc(CNC(=NC)NCCc2ccccc2OC)cn1. The van der Waals surface area contributed by atoms with E-state index in [1.165, 1.54) is 5.56 Å². The van der Waals surface area contributed by atoms with Crippen molar-refractivity contribution in [2.45, 2.75) is 26.8 Å². The highest BCUT2D eigenvalue weighted by Crippen LogP contribution is 2.17. The molecule has 0 unspecified atom stereocenters. The van der Waals surface area contributed by atoms with E-state index in [0.717, 1.165) is 49.1 Å². The third kappa shape index (κ3) is 6.16. The summed E-state index contributed by atoms with van der Waals surface area (Å²) in [6.07, 6.45) is 2.79. The second-order valence-electron chi connectivity index (χ2n) is 6.11. The predicted octanol–water partition coefficient (Wildman–Crippen LogP) is 2.84. The molecule has 1 aromatic heterocycles. The van der Waals surface area contributed by atoms with Crippen LogP contribution >= 0.6 is 0 Å². The Bertz CT molecular complexity index is 711. The molecule has 2 N–H and O–H groups in total. The summed E-state index contributed by atoms with van der Waals surface area (Å²) in [6, 6.07) is 12.3. The standard InChI is InChI=1S/C21H31N5O/c1-5-26(6-2)20-12-11-17(15-24-20)16-25-21(22-3)23-14-13-18-9-7-8-10-19(18)27-4/h7-12,15H,5-6,13-14,16H2,1-4H3,(H2,22,23,25). The number of rotatable bonds is 9. The number of anilines is 1. The number of nitrogens with zero attached hydrogens (tertiary/aromatic N) is 3. The Balaban J connectivity index is 1.81. The second kappa shape index (κ2) is 11.1. The van der Waals surface area contributed by atoms with Gasteiger partial charge in [-0.2, -0.15) is 0 Å². The average molecular weight is 370 g/mol. The van der Waals surface area contributed by atoms with Crippen LogP contribution in [0.3, 0.4) is 0 Å². The fourth-order valence-corrected chi connectivity index (χ4v) is 2.89. The highest BCUT2D eigenvalue weighted by molar-refractivity contribution is 5.79. The summed E-state index contributed by atoms with van der Waals surface area (Å²) >= 11 is 0. The topological polar surface area (TPSA) is 61.8 Å². The number of benzene rings is 1. The van der Waals surface area contributed by atoms with Crippen LogP contribution in [0.15, 0.2) is 47.6 Å². The molecule has 0 saturated heterocycles. The summed E-state index contributed by atoms with van der Waals surface area (Å²) in [5, 5.41) is 6.67. The first-order chi connectivity index (χ1) is 13.2. The van der Waals surface area contributed by atoms with Gasteiger partial charge in [0.2, 0.25) is 0 Å². The van der Waals surface area contributed by atoms with Crippen molar-refractivity contribution in [1.82, 2.24) is 15.6 Å². The van der Waals surface area contributed by atoms with E-state index in [2.05, 4.69) is 57.6 Å². The lowest BCUT2D eigenvalue weighted by atomic mass is 10.1. The Hall–Kier alpha value is -2.76. The van der Waals surface area contributed by atoms with E-state index in [-0.39, 0.29) is 0 Å². The van der Waals surface area contributed by atoms with Gasteiger partial charge in [0.05, 0.1) is 7.11 Å². The lowest BCUT2D eigenvalue weighted by Crippen LogP contribution is -2.37. The molecule has 0 fully saturated rings. The van der Waals surface area contributed by atoms with Gasteiger partial charge in [-0.3, -0.25) is 4.99 Å². The molecule has 0 radical (unpaired) electrons. The number of aromatic nitrogens is 1. The van der Waals surface area contributed by atoms with Gasteiger partial charge < -0.3 is 20.3 Å². The number of nitrogens with one attached hydrogen (secondary N) is 2. The number of para-hydroxylation sites is 1. The van der Waals surface area contributed by atoms with E-state index < -0.39 is 0 Å². The zero-order chi connectivity index (χ0) is 19.5. The number of hydrogen-bond acceptors (Lipinski definition) is 4. The van der Waals surface area contributed by atoms with Gasteiger partial charge in [-0.15, -0.1) is 0 Å². The van der Waals surface area contributed by atoms with Crippen molar-refractivity contribution < 1.29 is 4.74 Å². The molecule has 27 heavy (non-hydrogen) atoms. The Labute approximate surface area is 162 Å². The molecule has 0 aliphatic rings. The summed E-state index contributed by atoms with van der Waals surface area (Å²) in [7, 11) is 3.48. The zero-order valence-electron chi connectivity index (χ0n) is 16.8. The van der Waals surface area contributed by atoms with Crippen LogP contribution in [0.25, 0.3) is 0 Å². The van der Waals surface area contributed by atoms with Crippen molar-refractivity contribution in [3.05, 3.63) is 53.7 Å². The van der Waals surface area contributed by atoms with Crippen LogP contribution in [0.5, 0.6) is 5.75 Å². The molecule has 1 heterocycles. The van der Waals surface area contributed by atoms with Crippen LogP contribution in [-0.4, -0.2) is 44.7 Å². The van der Waals surface area contributed by atoms with Crippen LogP contribution in [0, 0.1) is 0 Å². The van der Waals surface area contributed by atoms with Crippen molar-refractivity contribution in [2.24, 2.45) is 4.99 Å². The van der Waals surface area contributed by atoms with E-state index in [4.69, 9.17) is 4.74 Å². The van der Waals surface area contributed by atoms with Crippen molar-refractivity contribution in [1.29, 1.82) is 0 Å². The summed E-state index contributed by atoms with van der Waals surface area (Å²) in [5.74, 6) is 2.71. The molecule has 0 bridgehead atoms. The average Bonchev–Trinajstić information content (AvgIpc) is 2.72. The molecule has 0 spiro atoms. The Morgan fingerprint density at radius 3 is 2.52 bits per heavy atom. The van der Waals surface area contributed by atoms with Crippen molar-refractivity contribution in [3.63, 3.8) is 0 Å². The number of hydrogen-bond donors (Lipinski definition) is 2. The fourth-order valence-electron chi connectivity index (χ4n) is 2.89. The number of ether oxygens (including phenoxy) is 1. The van der Waals surface area contributed by atoms with Crippen molar-refractivity contribution >= 4 is 11.8 Å². The lowest BCUT2D eigenvalue weighted by Gasteiger charge is -2.19. The highest BCUT2D eigenvalue weighted by atomic mass is 16.5. The van der Waals surface area contributed by atoms with Crippen molar-refractivity contribution in [2.75, 3.05) is 38.7 Å². The number of methoxy groups -OCH3 is 1. The fraction of sp³-hybridized carbons (Fsp3) is 0.429. The number of guanidine groups is 1. The monoisotopic (exact) mass is 369 g/mol. The Kier molecular flexibility index (Phi) is 8.42. The molecule has 0 atom stereocenters. The minimum absolute atomic E-state index is 0.680. The molecular formula is C21H31N5O. The van der Waals surface area contributed by atoms with Gasteiger partial charge in [-0.25, -0.2) is 4.98 Å². The van der Waals surface area contributed by atoms with Crippen molar-refractivity contribution in [3.8, 4) is 5.75 Å². The summed E-state index contributed by atoms with van der Waals surface area (Å²) in [4.78, 5) is 11.1. The highest BCUT2D eigenvalue weighted by Gasteiger charge is 2.05. The van der Waals surface area contributed by atoms with E-state index >= 15 is 0 Å². The Morgan fingerprint density at radius 1 is 1.11 bits per heavy atom. The minimum Gasteiger partial charge on any atom is -0.496 e. The smallest absolute Gasteiger partial charge is 0.191 e. The maximum absolute atomic E-state index is 5.39. The molecular weight excluding hydrogens is 338 g/mol. The van der Waals surface area contributed by atoms with Crippen LogP contribution in [0.1, 0.15) is 25.0 Å². The van der Waals surface area contributed by atoms with Gasteiger partial charge in [-0.05, 0) is 43.5 Å². The van der Waals surface area contributed by atoms with Gasteiger partial charge >= 0.3 is 0 Å². The van der Waals surface area contributed by atoms with Crippen LogP contribution in [0.4, 0.5) is 5.82 Å². The van der Waals surface area contributed by atoms with Gasteiger partial charge in [0, 0.05) is 39.4 Å². The van der Waals surface area contributed by atoms with Gasteiger partial charge in [0.25, 0.3) is 0 Å². The van der Waals surface area contributed by atoms with Gasteiger partial charge in [0.15, 0.2) is 5.96 Å². The first-order valence-electron chi connectivity index (χ1n) is 9.48. The van der Waals surface area contributed by atoms with E-state index in [1.807, 2.05) is 24.4 Å². The third-order valence-electron chi connectivity index (χ3n) is 4.46. The largest absolute Gasteiger partial charge is 0.496 e. The van der Waals surface area contributed by atoms with E-state index in [9.17, 15) is 0 Å². The number of pyridine rings is 1. The molecule has 1 aromatic carbocycles. The second-order valence-corrected chi connectivity index (χ2v) is 6.11. The molecule has 0 aliphatic heterocycles. The summed E-state index contributed by atoms with van der Waals surface area (Å²) in [6.45, 7) is 7.66. The minimum atomic E-state index is 0.680. The van der Waals surface area contributed by atoms with Gasteiger partial charge in [0.1, 0.15) is 11.6 Å². The van der Waals surface area contributed by atoms with E-state index in [0.29, 0.717) is 6.54 Å². The summed E-state index contributed by atoms with van der Waals surface area (Å²) in [5.41, 5.74) is 2.30. The molecule has 6 heteroatoms. The molecule has 0 saturated carbocycles. The maximum Gasteiger partial charge on any atom is 0.191 e. The number of aliphatic imine (C=N–C) groups is 1. The molecule has 146 valence electrons.